The van der Waals surface area contributed by atoms with Gasteiger partial charge >= 0.3 is 0 Å². The van der Waals surface area contributed by atoms with Crippen LogP contribution in [0.3, 0.4) is 0 Å². The van der Waals surface area contributed by atoms with Crippen LogP contribution in [0, 0.1) is 0 Å². The second kappa shape index (κ2) is 3.14. The molecule has 0 spiro atoms. The van der Waals surface area contributed by atoms with Gasteiger partial charge in [-0.3, -0.25) is 4.79 Å². The van der Waals surface area contributed by atoms with Crippen molar-refractivity contribution in [2.24, 2.45) is 5.10 Å². The Morgan fingerprint density at radius 2 is 1.93 bits per heavy atom. The van der Waals surface area contributed by atoms with E-state index in [4.69, 9.17) is 0 Å². The average Bonchev–Trinajstić information content (AvgIpc) is 2.33. The second-order valence-electron chi connectivity index (χ2n) is 3.19. The zero-order valence-electron chi connectivity index (χ0n) is 8.14. The molecule has 1 amide bonds. The van der Waals surface area contributed by atoms with Gasteiger partial charge in [0, 0.05) is 14.1 Å². The molecule has 1 aliphatic rings. The van der Waals surface area contributed by atoms with Gasteiger partial charge < -0.3 is 4.90 Å². The van der Waals surface area contributed by atoms with Crippen LogP contribution in [0.4, 0.5) is 5.69 Å². The molecular formula is C10H11N3O. The van der Waals surface area contributed by atoms with Gasteiger partial charge in [-0.05, 0) is 12.1 Å². The fourth-order valence-corrected chi connectivity index (χ4v) is 1.41. The number of para-hydroxylation sites is 1. The average molecular weight is 189 g/mol. The van der Waals surface area contributed by atoms with Crippen LogP contribution < -0.4 is 4.90 Å². The summed E-state index contributed by atoms with van der Waals surface area (Å²) in [6.45, 7) is 0. The molecule has 1 aliphatic heterocycles. The maximum absolute atomic E-state index is 11.8. The van der Waals surface area contributed by atoms with Gasteiger partial charge in [0.05, 0.1) is 11.3 Å². The molecule has 0 fully saturated rings. The van der Waals surface area contributed by atoms with Crippen molar-refractivity contribution >= 4 is 17.9 Å². The van der Waals surface area contributed by atoms with Crippen LogP contribution in [-0.2, 0) is 0 Å². The highest BCUT2D eigenvalue weighted by atomic mass is 16.2. The number of hydrogen-bond donors (Lipinski definition) is 0. The molecule has 4 nitrogen and oxygen atoms in total. The lowest BCUT2D eigenvalue weighted by molar-refractivity contribution is 0.0802. The summed E-state index contributed by atoms with van der Waals surface area (Å²) in [5.41, 5.74) is 1.56. The van der Waals surface area contributed by atoms with Crippen LogP contribution in [0.1, 0.15) is 10.4 Å². The largest absolute Gasteiger partial charge is 0.333 e. The first-order chi connectivity index (χ1) is 6.70. The van der Waals surface area contributed by atoms with Crippen LogP contribution in [-0.4, -0.2) is 31.3 Å². The molecule has 1 heterocycles. The van der Waals surface area contributed by atoms with Crippen molar-refractivity contribution in [3.05, 3.63) is 29.8 Å². The number of hydrogen-bond acceptors (Lipinski definition) is 3. The number of nitrogens with zero attached hydrogens (tertiary/aromatic N) is 3. The molecule has 72 valence electrons. The van der Waals surface area contributed by atoms with Crippen LogP contribution >= 0.6 is 0 Å². The fraction of sp³-hybridized carbons (Fsp3) is 0.200. The Morgan fingerprint density at radius 1 is 1.21 bits per heavy atom. The Labute approximate surface area is 82.4 Å². The van der Waals surface area contributed by atoms with E-state index in [1.165, 1.54) is 5.01 Å². The summed E-state index contributed by atoms with van der Waals surface area (Å²) in [7, 11) is 3.52. The first kappa shape index (κ1) is 8.74. The summed E-state index contributed by atoms with van der Waals surface area (Å²) in [4.78, 5) is 13.6. The van der Waals surface area contributed by atoms with Gasteiger partial charge in [0.1, 0.15) is 6.34 Å². The number of hydrazone groups is 1. The van der Waals surface area contributed by atoms with E-state index in [0.29, 0.717) is 5.56 Å². The molecule has 4 heteroatoms. The summed E-state index contributed by atoms with van der Waals surface area (Å²) < 4.78 is 0. The van der Waals surface area contributed by atoms with Gasteiger partial charge in [-0.1, -0.05) is 12.1 Å². The topological polar surface area (TPSA) is 35.9 Å². The molecular weight excluding hydrogens is 178 g/mol. The van der Waals surface area contributed by atoms with Crippen molar-refractivity contribution in [3.8, 4) is 0 Å². The Morgan fingerprint density at radius 3 is 2.71 bits per heavy atom. The number of fused-ring (bicyclic) bond motifs is 1. The summed E-state index contributed by atoms with van der Waals surface area (Å²) in [6, 6.07) is 7.46. The maximum Gasteiger partial charge on any atom is 0.275 e. The van der Waals surface area contributed by atoms with Gasteiger partial charge in [0.25, 0.3) is 5.91 Å². The van der Waals surface area contributed by atoms with E-state index in [0.717, 1.165) is 5.69 Å². The molecule has 0 aliphatic carbocycles. The number of anilines is 1. The first-order valence-electron chi connectivity index (χ1n) is 4.34. The molecule has 0 unspecified atom stereocenters. The highest BCUT2D eigenvalue weighted by molar-refractivity contribution is 6.03. The lowest BCUT2D eigenvalue weighted by Crippen LogP contribution is -2.19. The van der Waals surface area contributed by atoms with Crippen LogP contribution in [0.25, 0.3) is 0 Å². The number of rotatable bonds is 0. The summed E-state index contributed by atoms with van der Waals surface area (Å²) >= 11 is 0. The Bertz CT molecular complexity index is 400. The monoisotopic (exact) mass is 189 g/mol. The SMILES string of the molecule is CN1N=CN(C)c2ccccc2C1=O. The van der Waals surface area contributed by atoms with E-state index < -0.39 is 0 Å². The van der Waals surface area contributed by atoms with Crippen molar-refractivity contribution in [2.75, 3.05) is 19.0 Å². The molecule has 1 aromatic rings. The van der Waals surface area contributed by atoms with Gasteiger partial charge in [0.15, 0.2) is 0 Å². The quantitative estimate of drug-likeness (QED) is 0.613. The van der Waals surface area contributed by atoms with Gasteiger partial charge in [0.2, 0.25) is 0 Å². The van der Waals surface area contributed by atoms with E-state index in [1.54, 1.807) is 19.5 Å². The minimum atomic E-state index is -0.0822. The molecule has 0 aromatic heterocycles. The standard InChI is InChI=1S/C10H11N3O/c1-12-7-11-13(2)10(14)8-5-3-4-6-9(8)12/h3-7H,1-2H3. The highest BCUT2D eigenvalue weighted by Gasteiger charge is 2.19. The summed E-state index contributed by atoms with van der Waals surface area (Å²) in [6.07, 6.45) is 1.63. The minimum Gasteiger partial charge on any atom is -0.333 e. The third kappa shape index (κ3) is 1.25. The summed E-state index contributed by atoms with van der Waals surface area (Å²) in [5, 5.41) is 5.32. The Kier molecular flexibility index (Phi) is 1.96. The molecule has 0 atom stereocenters. The zero-order valence-corrected chi connectivity index (χ0v) is 8.14. The molecule has 0 radical (unpaired) electrons. The predicted octanol–water partition coefficient (Wildman–Crippen LogP) is 1.15. The molecule has 0 N–H and O–H groups in total. The number of carbonyl (C=O) groups excluding carboxylic acids is 1. The van der Waals surface area contributed by atoms with Gasteiger partial charge in [-0.2, -0.15) is 5.10 Å². The molecule has 14 heavy (non-hydrogen) atoms. The van der Waals surface area contributed by atoms with Crippen molar-refractivity contribution in [1.82, 2.24) is 5.01 Å². The van der Waals surface area contributed by atoms with Crippen LogP contribution in [0.5, 0.6) is 0 Å². The lowest BCUT2D eigenvalue weighted by Gasteiger charge is -2.13. The zero-order chi connectivity index (χ0) is 10.1. The molecule has 0 saturated heterocycles. The second-order valence-corrected chi connectivity index (χ2v) is 3.19. The summed E-state index contributed by atoms with van der Waals surface area (Å²) in [5.74, 6) is -0.0822. The normalized spacial score (nSPS) is 15.4. The van der Waals surface area contributed by atoms with E-state index in [1.807, 2.05) is 30.1 Å². The molecule has 2 rings (SSSR count). The Balaban J connectivity index is 2.59. The minimum absolute atomic E-state index is 0.0822. The molecule has 0 saturated carbocycles. The van der Waals surface area contributed by atoms with Crippen molar-refractivity contribution in [2.45, 2.75) is 0 Å². The van der Waals surface area contributed by atoms with E-state index in [9.17, 15) is 4.79 Å². The fourth-order valence-electron chi connectivity index (χ4n) is 1.41. The number of carbonyl (C=O) groups is 1. The van der Waals surface area contributed by atoms with Crippen LogP contribution in [0.2, 0.25) is 0 Å². The van der Waals surface area contributed by atoms with Gasteiger partial charge in [-0.15, -0.1) is 0 Å². The highest BCUT2D eigenvalue weighted by Crippen LogP contribution is 2.21. The smallest absolute Gasteiger partial charge is 0.275 e. The van der Waals surface area contributed by atoms with Crippen molar-refractivity contribution in [1.29, 1.82) is 0 Å². The molecule has 1 aromatic carbocycles. The van der Waals surface area contributed by atoms with Crippen molar-refractivity contribution in [3.63, 3.8) is 0 Å². The van der Waals surface area contributed by atoms with Gasteiger partial charge in [-0.25, -0.2) is 5.01 Å². The third-order valence-corrected chi connectivity index (χ3v) is 2.21. The number of amides is 1. The Hall–Kier alpha value is -1.84. The van der Waals surface area contributed by atoms with Crippen molar-refractivity contribution < 1.29 is 4.79 Å². The number of benzene rings is 1. The van der Waals surface area contributed by atoms with E-state index in [2.05, 4.69) is 5.10 Å². The molecule has 0 bridgehead atoms. The van der Waals surface area contributed by atoms with Crippen LogP contribution in [0.15, 0.2) is 29.4 Å². The lowest BCUT2D eigenvalue weighted by atomic mass is 10.1. The third-order valence-electron chi connectivity index (χ3n) is 2.21. The van der Waals surface area contributed by atoms with E-state index in [-0.39, 0.29) is 5.91 Å². The first-order valence-corrected chi connectivity index (χ1v) is 4.34. The van der Waals surface area contributed by atoms with E-state index >= 15 is 0 Å². The predicted molar refractivity (Wildman–Crippen MR) is 55.4 cm³/mol. The maximum atomic E-state index is 11.8.